The van der Waals surface area contributed by atoms with Crippen LogP contribution in [-0.2, 0) is 9.59 Å². The molecule has 3 aromatic rings. The summed E-state index contributed by atoms with van der Waals surface area (Å²) >= 11 is 0. The number of H-pyrrole nitrogens is 2. The number of carbonyl (C=O) groups is 2. The van der Waals surface area contributed by atoms with E-state index in [1.54, 1.807) is 6.07 Å². The van der Waals surface area contributed by atoms with Crippen LogP contribution in [-0.4, -0.2) is 16.8 Å². The number of carbonyl (C=O) groups excluding carboxylic acids is 2. The molecule has 1 aromatic carbocycles. The number of aromatic amines is 2. The maximum absolute atomic E-state index is 11.8. The Kier molecular flexibility index (Phi) is 2.18. The van der Waals surface area contributed by atoms with Crippen LogP contribution in [0.5, 0.6) is 0 Å². The third kappa shape index (κ3) is 1.46. The topological polar surface area (TPSA) is 67.3 Å². The smallest absolute Gasteiger partial charge is 0.317 e. The van der Waals surface area contributed by atoms with E-state index < -0.39 is 0 Å². The average molecular weight is 266 g/mol. The number of rotatable bonds is 1. The molecule has 1 fully saturated rings. The van der Waals surface area contributed by atoms with E-state index in [9.17, 15) is 9.59 Å². The highest BCUT2D eigenvalue weighted by atomic mass is 16.2. The molecule has 1 aliphatic rings. The second-order valence-electron chi connectivity index (χ2n) is 4.94. The summed E-state index contributed by atoms with van der Waals surface area (Å²) in [6.45, 7) is 0. The number of amides is 2. The van der Waals surface area contributed by atoms with Gasteiger partial charge in [0.2, 0.25) is 0 Å². The van der Waals surface area contributed by atoms with Crippen molar-refractivity contribution in [1.29, 1.82) is 0 Å². The zero-order valence-electron chi connectivity index (χ0n) is 10.6. The van der Waals surface area contributed by atoms with Crippen LogP contribution in [0.4, 0.5) is 5.82 Å². The lowest BCUT2D eigenvalue weighted by atomic mass is 10.1. The number of fused-ring (bicyclic) bond motifs is 3. The normalized spacial score (nSPS) is 15.7. The highest BCUT2D eigenvalue weighted by Crippen LogP contribution is 2.24. The molecule has 0 spiro atoms. The lowest BCUT2D eigenvalue weighted by Crippen LogP contribution is -2.33. The first-order chi connectivity index (χ1) is 9.74. The van der Waals surface area contributed by atoms with Crippen molar-refractivity contribution >= 4 is 39.4 Å². The summed E-state index contributed by atoms with van der Waals surface area (Å²) < 4.78 is 0. The first-order valence-electron chi connectivity index (χ1n) is 6.52. The number of benzene rings is 1. The maximum Gasteiger partial charge on any atom is 0.317 e. The number of imide groups is 1. The van der Waals surface area contributed by atoms with Crippen LogP contribution in [0.25, 0.3) is 21.8 Å². The van der Waals surface area contributed by atoms with Crippen LogP contribution in [0.15, 0.2) is 36.5 Å². The van der Waals surface area contributed by atoms with E-state index in [2.05, 4.69) is 9.97 Å². The van der Waals surface area contributed by atoms with E-state index in [-0.39, 0.29) is 11.8 Å². The summed E-state index contributed by atoms with van der Waals surface area (Å²) in [5, 5.41) is 2.09. The molecule has 2 amide bonds. The molecule has 5 heteroatoms. The summed E-state index contributed by atoms with van der Waals surface area (Å²) in [5.74, 6) is 0.248. The fourth-order valence-electron chi connectivity index (χ4n) is 2.74. The summed E-state index contributed by atoms with van der Waals surface area (Å²) in [6.07, 6.45) is 2.45. The Bertz CT molecular complexity index is 850. The molecule has 98 valence electrons. The van der Waals surface area contributed by atoms with Crippen LogP contribution in [0, 0.1) is 0 Å². The Balaban J connectivity index is 1.97. The van der Waals surface area contributed by atoms with Gasteiger partial charge < -0.3 is 4.98 Å². The third-order valence-corrected chi connectivity index (χ3v) is 3.73. The number of hydrogen-bond donors (Lipinski definition) is 1. The fraction of sp³-hybridized carbons (Fsp3) is 0.133. The third-order valence-electron chi connectivity index (χ3n) is 3.73. The predicted molar refractivity (Wildman–Crippen MR) is 74.1 cm³/mol. The zero-order valence-corrected chi connectivity index (χ0v) is 10.6. The van der Waals surface area contributed by atoms with Crippen molar-refractivity contribution in [2.75, 3.05) is 4.90 Å². The molecule has 0 unspecified atom stereocenters. The van der Waals surface area contributed by atoms with E-state index in [1.807, 2.05) is 30.5 Å². The first kappa shape index (κ1) is 11.2. The Hall–Kier alpha value is -2.69. The standard InChI is InChI=1S/C15H11N3O2/c19-13-5-6-14(20)18(13)12-4-2-9-1-3-11-10(7-8-16-11)15(9)17-12/h1-4,7-8,16H,5-6H2/p+1. The molecule has 0 saturated carbocycles. The van der Waals surface area contributed by atoms with Crippen LogP contribution >= 0.6 is 0 Å². The predicted octanol–water partition coefficient (Wildman–Crippen LogP) is 1.79. The highest BCUT2D eigenvalue weighted by molar-refractivity contribution is 6.19. The molecule has 0 aliphatic carbocycles. The Labute approximate surface area is 114 Å². The van der Waals surface area contributed by atoms with Gasteiger partial charge in [-0.15, -0.1) is 4.90 Å². The number of pyridine rings is 1. The van der Waals surface area contributed by atoms with Crippen molar-refractivity contribution in [3.8, 4) is 0 Å². The van der Waals surface area contributed by atoms with Crippen molar-refractivity contribution in [2.24, 2.45) is 0 Å². The van der Waals surface area contributed by atoms with Gasteiger partial charge in [-0.2, -0.15) is 0 Å². The van der Waals surface area contributed by atoms with Gasteiger partial charge in [-0.05, 0) is 24.3 Å². The monoisotopic (exact) mass is 266 g/mol. The Morgan fingerprint density at radius 2 is 1.75 bits per heavy atom. The quantitative estimate of drug-likeness (QED) is 0.682. The first-order valence-corrected chi connectivity index (χ1v) is 6.52. The molecular formula is C15H12N3O2+. The van der Waals surface area contributed by atoms with Gasteiger partial charge in [0, 0.05) is 28.6 Å². The van der Waals surface area contributed by atoms with E-state index >= 15 is 0 Å². The molecule has 2 aromatic heterocycles. The summed E-state index contributed by atoms with van der Waals surface area (Å²) in [6, 6.07) is 9.69. The number of anilines is 1. The summed E-state index contributed by atoms with van der Waals surface area (Å²) in [7, 11) is 0. The number of hydrogen-bond acceptors (Lipinski definition) is 2. The molecule has 1 aliphatic heterocycles. The van der Waals surface area contributed by atoms with Gasteiger partial charge in [0.25, 0.3) is 5.82 Å². The minimum Gasteiger partial charge on any atom is -0.361 e. The maximum atomic E-state index is 11.8. The van der Waals surface area contributed by atoms with Crippen LogP contribution < -0.4 is 9.88 Å². The average Bonchev–Trinajstić information content (AvgIpc) is 3.05. The van der Waals surface area contributed by atoms with Crippen molar-refractivity contribution in [3.05, 3.63) is 36.5 Å². The van der Waals surface area contributed by atoms with Crippen LogP contribution in [0.2, 0.25) is 0 Å². The molecule has 2 N–H and O–H groups in total. The van der Waals surface area contributed by atoms with E-state index in [1.165, 1.54) is 4.90 Å². The highest BCUT2D eigenvalue weighted by Gasteiger charge is 2.38. The lowest BCUT2D eigenvalue weighted by molar-refractivity contribution is -0.328. The van der Waals surface area contributed by atoms with Crippen molar-refractivity contribution in [2.45, 2.75) is 12.8 Å². The van der Waals surface area contributed by atoms with Gasteiger partial charge in [-0.25, -0.2) is 14.6 Å². The Morgan fingerprint density at radius 1 is 1.00 bits per heavy atom. The van der Waals surface area contributed by atoms with Gasteiger partial charge >= 0.3 is 11.8 Å². The molecule has 3 heterocycles. The molecule has 0 bridgehead atoms. The van der Waals surface area contributed by atoms with Gasteiger partial charge in [-0.1, -0.05) is 0 Å². The number of nitrogens with one attached hydrogen (secondary N) is 2. The second kappa shape index (κ2) is 3.90. The lowest BCUT2D eigenvalue weighted by Gasteiger charge is -2.05. The zero-order chi connectivity index (χ0) is 13.7. The number of nitrogens with zero attached hydrogens (tertiary/aromatic N) is 1. The summed E-state index contributed by atoms with van der Waals surface area (Å²) in [4.78, 5) is 31.2. The van der Waals surface area contributed by atoms with Crippen LogP contribution in [0.3, 0.4) is 0 Å². The largest absolute Gasteiger partial charge is 0.361 e. The molecule has 0 atom stereocenters. The second-order valence-corrected chi connectivity index (χ2v) is 4.94. The van der Waals surface area contributed by atoms with Gasteiger partial charge in [0.15, 0.2) is 0 Å². The molecule has 4 rings (SSSR count). The minimum atomic E-state index is -0.146. The molecular weight excluding hydrogens is 254 g/mol. The van der Waals surface area contributed by atoms with Gasteiger partial charge in [0.1, 0.15) is 5.52 Å². The van der Waals surface area contributed by atoms with E-state index in [4.69, 9.17) is 0 Å². The number of aromatic nitrogens is 2. The van der Waals surface area contributed by atoms with E-state index in [0.29, 0.717) is 18.7 Å². The molecule has 5 nitrogen and oxygen atoms in total. The molecule has 0 radical (unpaired) electrons. The SMILES string of the molecule is O=C1CCC(=O)N1c1ccc2ccc3[nH]ccc3c2[nH+]1. The van der Waals surface area contributed by atoms with E-state index in [0.717, 1.165) is 21.8 Å². The van der Waals surface area contributed by atoms with Gasteiger partial charge in [0.05, 0.1) is 12.8 Å². The van der Waals surface area contributed by atoms with Gasteiger partial charge in [-0.3, -0.25) is 0 Å². The fourth-order valence-corrected chi connectivity index (χ4v) is 2.74. The minimum absolute atomic E-state index is 0.146. The van der Waals surface area contributed by atoms with Crippen LogP contribution in [0.1, 0.15) is 12.8 Å². The Morgan fingerprint density at radius 3 is 2.55 bits per heavy atom. The molecule has 20 heavy (non-hydrogen) atoms. The molecule has 1 saturated heterocycles. The van der Waals surface area contributed by atoms with Crippen molar-refractivity contribution in [1.82, 2.24) is 4.98 Å². The van der Waals surface area contributed by atoms with Crippen molar-refractivity contribution in [3.63, 3.8) is 0 Å². The summed E-state index contributed by atoms with van der Waals surface area (Å²) in [5.41, 5.74) is 1.94. The van der Waals surface area contributed by atoms with Crippen molar-refractivity contribution < 1.29 is 14.6 Å².